The van der Waals surface area contributed by atoms with Crippen LogP contribution in [0, 0.1) is 0 Å². The Labute approximate surface area is 86.3 Å². The highest BCUT2D eigenvalue weighted by Gasteiger charge is 2.25. The molecule has 0 spiro atoms. The highest BCUT2D eigenvalue weighted by atomic mass is 16.5. The maximum absolute atomic E-state index is 5.60. The van der Waals surface area contributed by atoms with Gasteiger partial charge in [-0.3, -0.25) is 4.90 Å². The second-order valence-corrected chi connectivity index (χ2v) is 3.67. The molecule has 4 heteroatoms. The van der Waals surface area contributed by atoms with Crippen LogP contribution in [-0.2, 0) is 9.47 Å². The third-order valence-corrected chi connectivity index (χ3v) is 2.70. The Balaban J connectivity index is 1.84. The second-order valence-electron chi connectivity index (χ2n) is 3.67. The smallest absolute Gasteiger partial charge is 0.0700 e. The third-order valence-electron chi connectivity index (χ3n) is 2.70. The summed E-state index contributed by atoms with van der Waals surface area (Å²) in [5.74, 6) is 0. The van der Waals surface area contributed by atoms with Crippen molar-refractivity contribution in [1.29, 1.82) is 0 Å². The first-order chi connectivity index (χ1) is 6.88. The first kappa shape index (κ1) is 11.9. The molecule has 14 heavy (non-hydrogen) atoms. The topological polar surface area (TPSA) is 47.7 Å². The highest BCUT2D eigenvalue weighted by molar-refractivity contribution is 4.82. The van der Waals surface area contributed by atoms with Crippen molar-refractivity contribution in [3.05, 3.63) is 0 Å². The van der Waals surface area contributed by atoms with Crippen molar-refractivity contribution in [2.24, 2.45) is 5.73 Å². The average molecular weight is 202 g/mol. The summed E-state index contributed by atoms with van der Waals surface area (Å²) < 4.78 is 10.3. The van der Waals surface area contributed by atoms with Crippen LogP contribution in [0.4, 0.5) is 0 Å². The van der Waals surface area contributed by atoms with E-state index >= 15 is 0 Å². The minimum absolute atomic E-state index is 0.633. The molecule has 0 aromatic rings. The van der Waals surface area contributed by atoms with Gasteiger partial charge in [0.2, 0.25) is 0 Å². The van der Waals surface area contributed by atoms with Gasteiger partial charge in [0, 0.05) is 39.4 Å². The van der Waals surface area contributed by atoms with E-state index in [9.17, 15) is 0 Å². The van der Waals surface area contributed by atoms with Crippen molar-refractivity contribution in [3.63, 3.8) is 0 Å². The van der Waals surface area contributed by atoms with Crippen molar-refractivity contribution < 1.29 is 9.47 Å². The summed E-state index contributed by atoms with van der Waals surface area (Å²) in [6.07, 6.45) is 2.36. The number of likely N-dealkylation sites (tertiary alicyclic amines) is 1. The molecule has 1 heterocycles. The highest BCUT2D eigenvalue weighted by Crippen LogP contribution is 2.15. The zero-order chi connectivity index (χ0) is 10.2. The Kier molecular flexibility index (Phi) is 6.10. The summed E-state index contributed by atoms with van der Waals surface area (Å²) in [6, 6.07) is 0.633. The average Bonchev–Trinajstić information content (AvgIpc) is 2.15. The lowest BCUT2D eigenvalue weighted by molar-refractivity contribution is 0.0492. The number of nitrogens with zero attached hydrogens (tertiary/aromatic N) is 1. The van der Waals surface area contributed by atoms with Gasteiger partial charge in [0.15, 0.2) is 0 Å². The fourth-order valence-electron chi connectivity index (χ4n) is 1.67. The van der Waals surface area contributed by atoms with Crippen molar-refractivity contribution in [1.82, 2.24) is 4.90 Å². The molecule has 0 bridgehead atoms. The molecule has 1 aliphatic rings. The van der Waals surface area contributed by atoms with E-state index in [1.54, 1.807) is 7.11 Å². The van der Waals surface area contributed by atoms with E-state index in [0.717, 1.165) is 26.1 Å². The molecule has 1 atom stereocenters. The molecule has 0 aromatic carbocycles. The number of nitrogens with two attached hydrogens (primary N) is 1. The number of ether oxygens (including phenoxy) is 2. The van der Waals surface area contributed by atoms with Crippen LogP contribution >= 0.6 is 0 Å². The van der Waals surface area contributed by atoms with Gasteiger partial charge in [0.25, 0.3) is 0 Å². The molecule has 0 amide bonds. The van der Waals surface area contributed by atoms with Crippen LogP contribution in [0.1, 0.15) is 12.8 Å². The standard InChI is InChI=1S/C10H22N2O2/c1-13-7-8-14-6-2-4-12-5-3-10(12)9-11/h10H,2-9,11H2,1H3. The molecule has 1 aliphatic heterocycles. The van der Waals surface area contributed by atoms with Gasteiger partial charge in [-0.25, -0.2) is 0 Å². The first-order valence-corrected chi connectivity index (χ1v) is 5.39. The van der Waals surface area contributed by atoms with Crippen molar-refractivity contribution in [2.75, 3.05) is 46.6 Å². The number of methoxy groups -OCH3 is 1. The molecular formula is C10H22N2O2. The molecule has 84 valence electrons. The zero-order valence-corrected chi connectivity index (χ0v) is 9.08. The third kappa shape index (κ3) is 3.92. The predicted octanol–water partition coefficient (Wildman–Crippen LogP) is 0.0725. The summed E-state index contributed by atoms with van der Waals surface area (Å²) in [7, 11) is 1.69. The largest absolute Gasteiger partial charge is 0.382 e. The Morgan fingerprint density at radius 1 is 1.36 bits per heavy atom. The molecule has 1 unspecified atom stereocenters. The van der Waals surface area contributed by atoms with Crippen LogP contribution in [0.2, 0.25) is 0 Å². The van der Waals surface area contributed by atoms with Crippen molar-refractivity contribution in [2.45, 2.75) is 18.9 Å². The lowest BCUT2D eigenvalue weighted by Gasteiger charge is -2.40. The van der Waals surface area contributed by atoms with Crippen LogP contribution in [0.25, 0.3) is 0 Å². The fraction of sp³-hybridized carbons (Fsp3) is 1.00. The maximum Gasteiger partial charge on any atom is 0.0700 e. The summed E-state index contributed by atoms with van der Waals surface area (Å²) in [5.41, 5.74) is 5.60. The summed E-state index contributed by atoms with van der Waals surface area (Å²) in [6.45, 7) is 5.35. The molecule has 0 radical (unpaired) electrons. The van der Waals surface area contributed by atoms with Gasteiger partial charge in [-0.15, -0.1) is 0 Å². The first-order valence-electron chi connectivity index (χ1n) is 5.39. The van der Waals surface area contributed by atoms with E-state index in [4.69, 9.17) is 15.2 Å². The van der Waals surface area contributed by atoms with Gasteiger partial charge in [-0.1, -0.05) is 0 Å². The molecule has 1 rings (SSSR count). The molecular weight excluding hydrogens is 180 g/mol. The summed E-state index contributed by atoms with van der Waals surface area (Å²) >= 11 is 0. The van der Waals surface area contributed by atoms with E-state index < -0.39 is 0 Å². The molecule has 2 N–H and O–H groups in total. The van der Waals surface area contributed by atoms with Crippen LogP contribution in [0.3, 0.4) is 0 Å². The van der Waals surface area contributed by atoms with E-state index in [-0.39, 0.29) is 0 Å². The molecule has 1 fully saturated rings. The molecule has 0 aromatic heterocycles. The zero-order valence-electron chi connectivity index (χ0n) is 9.08. The van der Waals surface area contributed by atoms with Gasteiger partial charge >= 0.3 is 0 Å². The van der Waals surface area contributed by atoms with Crippen LogP contribution in [0.15, 0.2) is 0 Å². The van der Waals surface area contributed by atoms with Crippen LogP contribution in [0.5, 0.6) is 0 Å². The quantitative estimate of drug-likeness (QED) is 0.566. The van der Waals surface area contributed by atoms with Gasteiger partial charge in [0.05, 0.1) is 13.2 Å². The van der Waals surface area contributed by atoms with Crippen molar-refractivity contribution >= 4 is 0 Å². The molecule has 0 saturated carbocycles. The Bertz CT molecular complexity index is 142. The Morgan fingerprint density at radius 2 is 2.21 bits per heavy atom. The lowest BCUT2D eigenvalue weighted by atomic mass is 10.0. The lowest BCUT2D eigenvalue weighted by Crippen LogP contribution is -2.51. The SMILES string of the molecule is COCCOCCCN1CCC1CN. The molecule has 1 saturated heterocycles. The normalized spacial score (nSPS) is 22.3. The van der Waals surface area contributed by atoms with E-state index in [0.29, 0.717) is 19.3 Å². The predicted molar refractivity (Wildman–Crippen MR) is 56.3 cm³/mol. The molecule has 0 aliphatic carbocycles. The van der Waals surface area contributed by atoms with E-state index in [1.807, 2.05) is 0 Å². The van der Waals surface area contributed by atoms with Crippen LogP contribution < -0.4 is 5.73 Å². The minimum Gasteiger partial charge on any atom is -0.382 e. The van der Waals surface area contributed by atoms with Gasteiger partial charge in [-0.2, -0.15) is 0 Å². The Hall–Kier alpha value is -0.160. The second kappa shape index (κ2) is 7.17. The summed E-state index contributed by atoms with van der Waals surface area (Å²) in [4.78, 5) is 2.43. The summed E-state index contributed by atoms with van der Waals surface area (Å²) in [5, 5.41) is 0. The number of rotatable bonds is 8. The van der Waals surface area contributed by atoms with E-state index in [1.165, 1.54) is 13.0 Å². The van der Waals surface area contributed by atoms with Gasteiger partial charge < -0.3 is 15.2 Å². The van der Waals surface area contributed by atoms with Crippen LogP contribution in [-0.4, -0.2) is 57.5 Å². The fourth-order valence-corrected chi connectivity index (χ4v) is 1.67. The van der Waals surface area contributed by atoms with Crippen molar-refractivity contribution in [3.8, 4) is 0 Å². The van der Waals surface area contributed by atoms with Gasteiger partial charge in [0.1, 0.15) is 0 Å². The minimum atomic E-state index is 0.633. The monoisotopic (exact) mass is 202 g/mol. The van der Waals surface area contributed by atoms with E-state index in [2.05, 4.69) is 4.90 Å². The molecule has 4 nitrogen and oxygen atoms in total. The maximum atomic E-state index is 5.60. The van der Waals surface area contributed by atoms with Gasteiger partial charge in [-0.05, 0) is 12.8 Å². The number of hydrogen-bond donors (Lipinski definition) is 1. The number of hydrogen-bond acceptors (Lipinski definition) is 4. The Morgan fingerprint density at radius 3 is 2.79 bits per heavy atom.